The largest absolute Gasteiger partial charge is 0.480 e. The van der Waals surface area contributed by atoms with Crippen molar-refractivity contribution in [2.45, 2.75) is 30.3 Å². The van der Waals surface area contributed by atoms with E-state index in [0.717, 1.165) is 11.8 Å². The van der Waals surface area contributed by atoms with E-state index in [2.05, 4.69) is 15.5 Å². The minimum absolute atomic E-state index is 0.419. The van der Waals surface area contributed by atoms with Gasteiger partial charge in [-0.15, -0.1) is 5.10 Å². The van der Waals surface area contributed by atoms with Gasteiger partial charge in [-0.1, -0.05) is 18.7 Å². The van der Waals surface area contributed by atoms with Gasteiger partial charge < -0.3 is 10.8 Å². The maximum atomic E-state index is 10.8. The zero-order valence-electron chi connectivity index (χ0n) is 8.33. The predicted octanol–water partition coefficient (Wildman–Crippen LogP) is -0.413. The number of thioether (sulfide) groups is 1. The fourth-order valence-electron chi connectivity index (χ4n) is 0.979. The lowest BCUT2D eigenvalue weighted by atomic mass is 10.3. The lowest BCUT2D eigenvalue weighted by Crippen LogP contribution is -2.17. The molecule has 1 aromatic rings. The first-order valence-electron chi connectivity index (χ1n) is 4.54. The third-order valence-electron chi connectivity index (χ3n) is 1.73. The van der Waals surface area contributed by atoms with E-state index >= 15 is 0 Å². The second-order valence-electron chi connectivity index (χ2n) is 2.83. The lowest BCUT2D eigenvalue weighted by Gasteiger charge is -2.08. The molecule has 1 aromatic heterocycles. The normalized spacial score (nSPS) is 12.7. The van der Waals surface area contributed by atoms with Crippen molar-refractivity contribution in [2.24, 2.45) is 5.73 Å². The molecule has 1 heterocycles. The average molecular weight is 231 g/mol. The maximum Gasteiger partial charge on any atom is 0.317 e. The Labute approximate surface area is 91.0 Å². The molecule has 0 saturated carbocycles. The second kappa shape index (κ2) is 5.66. The molecule has 15 heavy (non-hydrogen) atoms. The zero-order valence-corrected chi connectivity index (χ0v) is 9.15. The number of carbonyl (C=O) groups is 1. The maximum absolute atomic E-state index is 10.8. The molecule has 0 amide bonds. The summed E-state index contributed by atoms with van der Waals surface area (Å²) in [7, 11) is 0. The standard InChI is InChI=1S/C7H13N5O2S/c1-2-5(6(13)14)15-7-9-10-11-12(7)4-3-8/h5H,2-4,8H2,1H3,(H,13,14). The van der Waals surface area contributed by atoms with Gasteiger partial charge in [-0.2, -0.15) is 0 Å². The van der Waals surface area contributed by atoms with E-state index in [-0.39, 0.29) is 0 Å². The number of nitrogens with zero attached hydrogens (tertiary/aromatic N) is 4. The average Bonchev–Trinajstić information content (AvgIpc) is 2.62. The summed E-state index contributed by atoms with van der Waals surface area (Å²) < 4.78 is 1.51. The van der Waals surface area contributed by atoms with Crippen molar-refractivity contribution < 1.29 is 9.90 Å². The van der Waals surface area contributed by atoms with Crippen LogP contribution in [0.3, 0.4) is 0 Å². The monoisotopic (exact) mass is 231 g/mol. The van der Waals surface area contributed by atoms with E-state index in [1.807, 2.05) is 6.92 Å². The van der Waals surface area contributed by atoms with E-state index in [0.29, 0.717) is 24.7 Å². The van der Waals surface area contributed by atoms with E-state index < -0.39 is 11.2 Å². The molecule has 0 spiro atoms. The van der Waals surface area contributed by atoms with Gasteiger partial charge in [0.2, 0.25) is 5.16 Å². The van der Waals surface area contributed by atoms with E-state index in [4.69, 9.17) is 10.8 Å². The summed E-state index contributed by atoms with van der Waals surface area (Å²) in [6.07, 6.45) is 0.523. The van der Waals surface area contributed by atoms with E-state index in [9.17, 15) is 4.79 Å². The number of hydrogen-bond donors (Lipinski definition) is 2. The molecule has 84 valence electrons. The van der Waals surface area contributed by atoms with Crippen molar-refractivity contribution in [1.82, 2.24) is 20.2 Å². The number of nitrogens with two attached hydrogens (primary N) is 1. The summed E-state index contributed by atoms with van der Waals surface area (Å²) in [4.78, 5) is 10.8. The van der Waals surface area contributed by atoms with Crippen LogP contribution in [-0.4, -0.2) is 43.1 Å². The Kier molecular flexibility index (Phi) is 4.50. The van der Waals surface area contributed by atoms with Crippen LogP contribution in [0.4, 0.5) is 0 Å². The molecule has 0 bridgehead atoms. The van der Waals surface area contributed by atoms with Gasteiger partial charge in [0, 0.05) is 6.54 Å². The summed E-state index contributed by atoms with van der Waals surface area (Å²) in [6.45, 7) is 2.72. The number of aliphatic carboxylic acids is 1. The Morgan fingerprint density at radius 1 is 1.73 bits per heavy atom. The lowest BCUT2D eigenvalue weighted by molar-refractivity contribution is -0.136. The highest BCUT2D eigenvalue weighted by Crippen LogP contribution is 2.22. The van der Waals surface area contributed by atoms with Gasteiger partial charge in [0.25, 0.3) is 0 Å². The molecule has 7 nitrogen and oxygen atoms in total. The Morgan fingerprint density at radius 2 is 2.47 bits per heavy atom. The summed E-state index contributed by atoms with van der Waals surface area (Å²) in [5, 5.41) is 19.8. The van der Waals surface area contributed by atoms with Crippen LogP contribution in [-0.2, 0) is 11.3 Å². The molecular formula is C7H13N5O2S. The highest BCUT2D eigenvalue weighted by molar-refractivity contribution is 8.00. The quantitative estimate of drug-likeness (QED) is 0.640. The summed E-state index contributed by atoms with van der Waals surface area (Å²) in [5.74, 6) is -0.857. The molecule has 8 heteroatoms. The Hall–Kier alpha value is -1.15. The first-order chi connectivity index (χ1) is 7.19. The number of aromatic nitrogens is 4. The van der Waals surface area contributed by atoms with Crippen LogP contribution in [0.25, 0.3) is 0 Å². The predicted molar refractivity (Wildman–Crippen MR) is 54.4 cm³/mol. The van der Waals surface area contributed by atoms with Gasteiger partial charge >= 0.3 is 5.97 Å². The summed E-state index contributed by atoms with van der Waals surface area (Å²) >= 11 is 1.14. The van der Waals surface area contributed by atoms with Crippen LogP contribution in [0.1, 0.15) is 13.3 Å². The first kappa shape index (κ1) is 11.9. The number of carboxylic acids is 1. The van der Waals surface area contributed by atoms with Crippen LogP contribution < -0.4 is 5.73 Å². The minimum Gasteiger partial charge on any atom is -0.480 e. The SMILES string of the molecule is CCC(Sc1nnnn1CCN)C(=O)O. The van der Waals surface area contributed by atoms with Gasteiger partial charge in [0.05, 0.1) is 6.54 Å². The fraction of sp³-hybridized carbons (Fsp3) is 0.714. The molecule has 1 rings (SSSR count). The second-order valence-corrected chi connectivity index (χ2v) is 4.00. The van der Waals surface area contributed by atoms with Gasteiger partial charge in [0.15, 0.2) is 0 Å². The van der Waals surface area contributed by atoms with Crippen LogP contribution in [0.2, 0.25) is 0 Å². The molecule has 0 aliphatic heterocycles. The van der Waals surface area contributed by atoms with Crippen LogP contribution in [0.15, 0.2) is 5.16 Å². The van der Waals surface area contributed by atoms with Gasteiger partial charge in [0.1, 0.15) is 5.25 Å². The number of rotatable bonds is 6. The molecule has 1 unspecified atom stereocenters. The summed E-state index contributed by atoms with van der Waals surface area (Å²) in [5.41, 5.74) is 5.37. The van der Waals surface area contributed by atoms with Gasteiger partial charge in [-0.05, 0) is 16.8 Å². The summed E-state index contributed by atoms with van der Waals surface area (Å²) in [6, 6.07) is 0. The Morgan fingerprint density at radius 3 is 3.00 bits per heavy atom. The Balaban J connectivity index is 2.69. The molecule has 1 atom stereocenters. The fourth-order valence-corrected chi connectivity index (χ4v) is 1.83. The molecule has 0 aliphatic rings. The van der Waals surface area contributed by atoms with Crippen molar-refractivity contribution in [2.75, 3.05) is 6.54 Å². The highest BCUT2D eigenvalue weighted by Gasteiger charge is 2.20. The molecule has 0 aromatic carbocycles. The van der Waals surface area contributed by atoms with Crippen molar-refractivity contribution in [3.8, 4) is 0 Å². The molecule has 0 fully saturated rings. The third-order valence-corrected chi connectivity index (χ3v) is 3.06. The molecule has 0 aliphatic carbocycles. The number of carboxylic acid groups (broad SMARTS) is 1. The van der Waals surface area contributed by atoms with Gasteiger partial charge in [-0.3, -0.25) is 4.79 Å². The van der Waals surface area contributed by atoms with E-state index in [1.54, 1.807) is 0 Å². The van der Waals surface area contributed by atoms with Crippen LogP contribution >= 0.6 is 11.8 Å². The molecule has 3 N–H and O–H groups in total. The third kappa shape index (κ3) is 3.17. The minimum atomic E-state index is -0.857. The highest BCUT2D eigenvalue weighted by atomic mass is 32.2. The van der Waals surface area contributed by atoms with Crippen molar-refractivity contribution in [1.29, 1.82) is 0 Å². The zero-order chi connectivity index (χ0) is 11.3. The number of tetrazole rings is 1. The van der Waals surface area contributed by atoms with Crippen molar-refractivity contribution in [3.63, 3.8) is 0 Å². The smallest absolute Gasteiger partial charge is 0.317 e. The van der Waals surface area contributed by atoms with Crippen molar-refractivity contribution in [3.05, 3.63) is 0 Å². The number of hydrogen-bond acceptors (Lipinski definition) is 6. The first-order valence-corrected chi connectivity index (χ1v) is 5.42. The van der Waals surface area contributed by atoms with Crippen LogP contribution in [0.5, 0.6) is 0 Å². The van der Waals surface area contributed by atoms with Gasteiger partial charge in [-0.25, -0.2) is 4.68 Å². The molecule has 0 radical (unpaired) electrons. The van der Waals surface area contributed by atoms with E-state index in [1.165, 1.54) is 4.68 Å². The van der Waals surface area contributed by atoms with Crippen molar-refractivity contribution >= 4 is 17.7 Å². The molecular weight excluding hydrogens is 218 g/mol. The molecule has 0 saturated heterocycles. The topological polar surface area (TPSA) is 107 Å². The Bertz CT molecular complexity index is 329. The van der Waals surface area contributed by atoms with Crippen LogP contribution in [0, 0.1) is 0 Å².